The molecule has 1 N–H and O–H groups in total. The summed E-state index contributed by atoms with van der Waals surface area (Å²) < 4.78 is 30.1. The molecule has 0 aromatic heterocycles. The molecule has 0 saturated carbocycles. The third-order valence-corrected chi connectivity index (χ3v) is 3.03. The molecular formula is C9H10BrNO3S. The van der Waals surface area contributed by atoms with Gasteiger partial charge in [0, 0.05) is 16.3 Å². The number of hydrogen-bond donors (Lipinski definition) is 1. The van der Waals surface area contributed by atoms with E-state index < -0.39 is 10.1 Å². The second-order valence-corrected chi connectivity index (χ2v) is 5.27. The summed E-state index contributed by atoms with van der Waals surface area (Å²) >= 11 is 3.33. The Morgan fingerprint density at radius 2 is 2.07 bits per heavy atom. The Balaban J connectivity index is 2.56. The van der Waals surface area contributed by atoms with Gasteiger partial charge in [-0.2, -0.15) is 8.42 Å². The van der Waals surface area contributed by atoms with Crippen molar-refractivity contribution < 1.29 is 13.0 Å². The lowest BCUT2D eigenvalue weighted by atomic mass is 10.2. The minimum atomic E-state index is -3.91. The molecule has 0 aliphatic heterocycles. The van der Waals surface area contributed by atoms with E-state index in [2.05, 4.69) is 20.9 Å². The second-order valence-electron chi connectivity index (χ2n) is 2.84. The van der Waals surface area contributed by atoms with Gasteiger partial charge in [-0.1, -0.05) is 34.1 Å². The number of aliphatic imine (C=N–C) groups is 1. The fourth-order valence-corrected chi connectivity index (χ4v) is 1.63. The van der Waals surface area contributed by atoms with Crippen molar-refractivity contribution in [3.63, 3.8) is 0 Å². The van der Waals surface area contributed by atoms with Gasteiger partial charge in [0.25, 0.3) is 10.1 Å². The van der Waals surface area contributed by atoms with Crippen LogP contribution in [0.4, 0.5) is 0 Å². The largest absolute Gasteiger partial charge is 0.291 e. The molecule has 0 saturated heterocycles. The number of benzene rings is 1. The number of halogens is 1. The fourth-order valence-electron chi connectivity index (χ4n) is 0.911. The second kappa shape index (κ2) is 5.39. The quantitative estimate of drug-likeness (QED) is 0.679. The summed E-state index contributed by atoms with van der Waals surface area (Å²) in [5.74, 6) is -0.353. The summed E-state index contributed by atoms with van der Waals surface area (Å²) in [6.07, 6.45) is 1.56. The van der Waals surface area contributed by atoms with Crippen LogP contribution in [0.25, 0.3) is 0 Å². The average Bonchev–Trinajstić information content (AvgIpc) is 2.13. The van der Waals surface area contributed by atoms with Crippen LogP contribution in [-0.2, 0) is 10.1 Å². The predicted molar refractivity (Wildman–Crippen MR) is 63.0 cm³/mol. The van der Waals surface area contributed by atoms with Gasteiger partial charge >= 0.3 is 0 Å². The Morgan fingerprint density at radius 1 is 1.40 bits per heavy atom. The summed E-state index contributed by atoms with van der Waals surface area (Å²) in [6.45, 7) is 0.0557. The molecule has 0 bridgehead atoms. The topological polar surface area (TPSA) is 66.7 Å². The van der Waals surface area contributed by atoms with Gasteiger partial charge in [-0.25, -0.2) is 0 Å². The van der Waals surface area contributed by atoms with Crippen molar-refractivity contribution in [2.45, 2.75) is 0 Å². The molecule has 6 heteroatoms. The third-order valence-electron chi connectivity index (χ3n) is 1.61. The van der Waals surface area contributed by atoms with Crippen molar-refractivity contribution >= 4 is 32.3 Å². The van der Waals surface area contributed by atoms with E-state index in [1.54, 1.807) is 6.21 Å². The normalized spacial score (nSPS) is 12.1. The average molecular weight is 292 g/mol. The maximum atomic E-state index is 10.4. The molecule has 1 rings (SSSR count). The van der Waals surface area contributed by atoms with Crippen LogP contribution in [-0.4, -0.2) is 31.5 Å². The number of rotatable bonds is 4. The Labute approximate surface area is 96.9 Å². The van der Waals surface area contributed by atoms with E-state index in [-0.39, 0.29) is 12.3 Å². The molecule has 0 aliphatic rings. The molecule has 15 heavy (non-hydrogen) atoms. The molecule has 0 spiro atoms. The first-order valence-corrected chi connectivity index (χ1v) is 6.59. The van der Waals surface area contributed by atoms with E-state index >= 15 is 0 Å². The standard InChI is InChI=1S/C9H10BrNO3S/c10-9-4-2-1-3-8(9)7-11-5-6-15(12,13)14/h1-4,7H,5-6H2,(H,12,13,14)/b11-7-. The van der Waals surface area contributed by atoms with Crippen molar-refractivity contribution in [3.8, 4) is 0 Å². The first kappa shape index (κ1) is 12.4. The van der Waals surface area contributed by atoms with Crippen molar-refractivity contribution in [1.29, 1.82) is 0 Å². The molecule has 0 atom stereocenters. The van der Waals surface area contributed by atoms with E-state index in [1.807, 2.05) is 24.3 Å². The summed E-state index contributed by atoms with van der Waals surface area (Å²) in [5.41, 5.74) is 0.868. The lowest BCUT2D eigenvalue weighted by molar-refractivity contribution is 0.483. The van der Waals surface area contributed by atoms with E-state index in [1.165, 1.54) is 0 Å². The zero-order chi connectivity index (χ0) is 11.3. The molecule has 1 aromatic carbocycles. The molecule has 4 nitrogen and oxygen atoms in total. The molecule has 0 aliphatic carbocycles. The molecule has 1 aromatic rings. The van der Waals surface area contributed by atoms with Crippen LogP contribution in [0.15, 0.2) is 33.7 Å². The first-order valence-electron chi connectivity index (χ1n) is 4.18. The Bertz CT molecular complexity index is 456. The van der Waals surface area contributed by atoms with Crippen LogP contribution in [0, 0.1) is 0 Å². The molecule has 0 fully saturated rings. The van der Waals surface area contributed by atoms with Crippen LogP contribution < -0.4 is 0 Å². The van der Waals surface area contributed by atoms with Gasteiger partial charge in [0.1, 0.15) is 0 Å². The lowest BCUT2D eigenvalue weighted by Crippen LogP contribution is -2.06. The summed E-state index contributed by atoms with van der Waals surface area (Å²) in [6, 6.07) is 7.44. The molecule has 0 radical (unpaired) electrons. The van der Waals surface area contributed by atoms with Gasteiger partial charge in [0.15, 0.2) is 0 Å². The predicted octanol–water partition coefficient (Wildman–Crippen LogP) is 1.76. The molecule has 0 amide bonds. The minimum absolute atomic E-state index is 0.0557. The van der Waals surface area contributed by atoms with E-state index in [0.29, 0.717) is 0 Å². The van der Waals surface area contributed by atoms with E-state index in [4.69, 9.17) is 4.55 Å². The highest BCUT2D eigenvalue weighted by Gasteiger charge is 2.01. The number of nitrogens with zero attached hydrogens (tertiary/aromatic N) is 1. The zero-order valence-corrected chi connectivity index (χ0v) is 10.2. The minimum Gasteiger partial charge on any atom is -0.291 e. The van der Waals surface area contributed by atoms with Crippen LogP contribution in [0.2, 0.25) is 0 Å². The van der Waals surface area contributed by atoms with Crippen molar-refractivity contribution in [3.05, 3.63) is 34.3 Å². The lowest BCUT2D eigenvalue weighted by Gasteiger charge is -1.96. The van der Waals surface area contributed by atoms with Gasteiger partial charge in [0.05, 0.1) is 12.3 Å². The highest BCUT2D eigenvalue weighted by Crippen LogP contribution is 2.13. The van der Waals surface area contributed by atoms with Crippen LogP contribution in [0.5, 0.6) is 0 Å². The van der Waals surface area contributed by atoms with Crippen LogP contribution >= 0.6 is 15.9 Å². The maximum Gasteiger partial charge on any atom is 0.266 e. The highest BCUT2D eigenvalue weighted by atomic mass is 79.9. The van der Waals surface area contributed by atoms with Gasteiger partial charge in [-0.3, -0.25) is 9.55 Å². The van der Waals surface area contributed by atoms with Crippen LogP contribution in [0.1, 0.15) is 5.56 Å². The van der Waals surface area contributed by atoms with Crippen molar-refractivity contribution in [2.75, 3.05) is 12.3 Å². The van der Waals surface area contributed by atoms with Gasteiger partial charge in [0.2, 0.25) is 0 Å². The van der Waals surface area contributed by atoms with Gasteiger partial charge in [-0.05, 0) is 6.07 Å². The summed E-state index contributed by atoms with van der Waals surface area (Å²) in [7, 11) is -3.91. The van der Waals surface area contributed by atoms with Gasteiger partial charge < -0.3 is 0 Å². The summed E-state index contributed by atoms with van der Waals surface area (Å²) in [5, 5.41) is 0. The van der Waals surface area contributed by atoms with E-state index in [0.717, 1.165) is 10.0 Å². The summed E-state index contributed by atoms with van der Waals surface area (Å²) in [4.78, 5) is 3.89. The highest BCUT2D eigenvalue weighted by molar-refractivity contribution is 9.10. The molecule has 82 valence electrons. The smallest absolute Gasteiger partial charge is 0.266 e. The van der Waals surface area contributed by atoms with Crippen molar-refractivity contribution in [1.82, 2.24) is 0 Å². The SMILES string of the molecule is O=S(=O)(O)CC/N=C\c1ccccc1Br. The fraction of sp³-hybridized carbons (Fsp3) is 0.222. The first-order chi connectivity index (χ1) is 6.99. The zero-order valence-electron chi connectivity index (χ0n) is 7.80. The number of hydrogen-bond acceptors (Lipinski definition) is 3. The van der Waals surface area contributed by atoms with Crippen molar-refractivity contribution in [2.24, 2.45) is 4.99 Å². The molecular weight excluding hydrogens is 282 g/mol. The third kappa shape index (κ3) is 5.06. The Kier molecular flexibility index (Phi) is 4.44. The van der Waals surface area contributed by atoms with Gasteiger partial charge in [-0.15, -0.1) is 0 Å². The van der Waals surface area contributed by atoms with E-state index in [9.17, 15) is 8.42 Å². The Hall–Kier alpha value is -0.720. The van der Waals surface area contributed by atoms with Crippen LogP contribution in [0.3, 0.4) is 0 Å². The monoisotopic (exact) mass is 291 g/mol. The Morgan fingerprint density at radius 3 is 2.67 bits per heavy atom. The molecule has 0 heterocycles. The maximum absolute atomic E-state index is 10.4. The molecule has 0 unspecified atom stereocenters.